The van der Waals surface area contributed by atoms with Gasteiger partial charge in [-0.1, -0.05) is 36.2 Å². The van der Waals surface area contributed by atoms with Crippen molar-refractivity contribution in [2.45, 2.75) is 20.3 Å². The van der Waals surface area contributed by atoms with E-state index in [9.17, 15) is 9.59 Å². The topological polar surface area (TPSA) is 58.6 Å². The lowest BCUT2D eigenvalue weighted by molar-refractivity contribution is -0.136. The van der Waals surface area contributed by atoms with Crippen LogP contribution in [0.4, 0.5) is 5.69 Å². The molecule has 0 radical (unpaired) electrons. The van der Waals surface area contributed by atoms with E-state index in [1.54, 1.807) is 42.5 Å². The summed E-state index contributed by atoms with van der Waals surface area (Å²) in [6, 6.07) is 12.0. The van der Waals surface area contributed by atoms with Crippen molar-refractivity contribution in [2.24, 2.45) is 0 Å². The van der Waals surface area contributed by atoms with E-state index in [-0.39, 0.29) is 23.1 Å². The zero-order chi connectivity index (χ0) is 20.3. The summed E-state index contributed by atoms with van der Waals surface area (Å²) in [6.07, 6.45) is 0.662. The number of anilines is 1. The molecular formula is C21H20Cl2N2O3. The Morgan fingerprint density at radius 2 is 1.71 bits per heavy atom. The number of hydrogen-bond donors (Lipinski definition) is 1. The van der Waals surface area contributed by atoms with Gasteiger partial charge >= 0.3 is 0 Å². The molecule has 0 fully saturated rings. The number of imide groups is 1. The largest absolute Gasteiger partial charge is 0.494 e. The Labute approximate surface area is 173 Å². The van der Waals surface area contributed by atoms with Crippen molar-refractivity contribution >= 4 is 46.3 Å². The molecule has 2 aromatic rings. The fraction of sp³-hybridized carbons (Fsp3) is 0.238. The predicted molar refractivity (Wildman–Crippen MR) is 112 cm³/mol. The van der Waals surface area contributed by atoms with Crippen LogP contribution in [-0.4, -0.2) is 29.9 Å². The average molecular weight is 419 g/mol. The quantitative estimate of drug-likeness (QED) is 0.643. The van der Waals surface area contributed by atoms with E-state index in [1.165, 1.54) is 4.90 Å². The van der Waals surface area contributed by atoms with Gasteiger partial charge in [-0.05, 0) is 49.7 Å². The normalized spacial score (nSPS) is 14.1. The van der Waals surface area contributed by atoms with Gasteiger partial charge in [0.2, 0.25) is 0 Å². The highest BCUT2D eigenvalue weighted by molar-refractivity contribution is 6.41. The number of nitrogens with zero attached hydrogens (tertiary/aromatic N) is 1. The minimum absolute atomic E-state index is 0.201. The molecule has 0 aromatic heterocycles. The number of nitrogens with one attached hydrogen (secondary N) is 1. The average Bonchev–Trinajstić information content (AvgIpc) is 2.89. The van der Waals surface area contributed by atoms with Crippen molar-refractivity contribution < 1.29 is 14.3 Å². The van der Waals surface area contributed by atoms with Gasteiger partial charge < -0.3 is 10.1 Å². The third kappa shape index (κ3) is 4.01. The lowest BCUT2D eigenvalue weighted by Gasteiger charge is -2.14. The SMILES string of the molecule is CCCN1C(=O)C(Nc2ccc(OCC)cc2)=C(c2ccc(Cl)cc2Cl)C1=O. The number of benzene rings is 2. The lowest BCUT2D eigenvalue weighted by Crippen LogP contribution is -2.33. The van der Waals surface area contributed by atoms with E-state index >= 15 is 0 Å². The molecule has 0 unspecified atom stereocenters. The molecule has 7 heteroatoms. The van der Waals surface area contributed by atoms with Crippen LogP contribution in [0.5, 0.6) is 5.75 Å². The van der Waals surface area contributed by atoms with Gasteiger partial charge in [0.05, 0.1) is 17.2 Å². The second-order valence-corrected chi connectivity index (χ2v) is 7.06. The second kappa shape index (κ2) is 8.67. The number of rotatable bonds is 7. The minimum atomic E-state index is -0.373. The molecule has 0 atom stereocenters. The third-order valence-electron chi connectivity index (χ3n) is 4.25. The van der Waals surface area contributed by atoms with Crippen LogP contribution in [0.3, 0.4) is 0 Å². The maximum atomic E-state index is 13.0. The van der Waals surface area contributed by atoms with Crippen molar-refractivity contribution in [3.8, 4) is 5.75 Å². The van der Waals surface area contributed by atoms with Crippen LogP contribution in [0.1, 0.15) is 25.8 Å². The van der Waals surface area contributed by atoms with Gasteiger partial charge in [0.15, 0.2) is 0 Å². The molecule has 1 heterocycles. The predicted octanol–water partition coefficient (Wildman–Crippen LogP) is 4.99. The van der Waals surface area contributed by atoms with Gasteiger partial charge in [0.1, 0.15) is 11.4 Å². The Bertz CT molecular complexity index is 939. The first kappa shape index (κ1) is 20.2. The third-order valence-corrected chi connectivity index (χ3v) is 4.80. The van der Waals surface area contributed by atoms with E-state index in [4.69, 9.17) is 27.9 Å². The van der Waals surface area contributed by atoms with Gasteiger partial charge in [-0.3, -0.25) is 14.5 Å². The minimum Gasteiger partial charge on any atom is -0.494 e. The standard InChI is InChI=1S/C21H20Cl2N2O3/c1-3-11-25-20(26)18(16-10-5-13(22)12-17(16)23)19(21(25)27)24-14-6-8-15(9-7-14)28-4-2/h5-10,12,24H,3-4,11H2,1-2H3. The van der Waals surface area contributed by atoms with Gasteiger partial charge in [-0.25, -0.2) is 0 Å². The summed E-state index contributed by atoms with van der Waals surface area (Å²) in [6.45, 7) is 4.72. The molecule has 1 aliphatic rings. The first-order chi connectivity index (χ1) is 13.5. The Hall–Kier alpha value is -2.50. The first-order valence-corrected chi connectivity index (χ1v) is 9.77. The van der Waals surface area contributed by atoms with E-state index in [1.807, 2.05) is 13.8 Å². The molecule has 1 aliphatic heterocycles. The summed E-state index contributed by atoms with van der Waals surface area (Å²) >= 11 is 12.3. The van der Waals surface area contributed by atoms with E-state index in [0.717, 1.165) is 5.75 Å². The summed E-state index contributed by atoms with van der Waals surface area (Å²) in [7, 11) is 0. The monoisotopic (exact) mass is 418 g/mol. The molecule has 2 amide bonds. The van der Waals surface area contributed by atoms with Gasteiger partial charge in [-0.2, -0.15) is 0 Å². The van der Waals surface area contributed by atoms with E-state index < -0.39 is 0 Å². The molecule has 0 saturated heterocycles. The summed E-state index contributed by atoms with van der Waals surface area (Å²) in [4.78, 5) is 27.1. The summed E-state index contributed by atoms with van der Waals surface area (Å²) < 4.78 is 5.44. The van der Waals surface area contributed by atoms with Crippen molar-refractivity contribution in [1.82, 2.24) is 4.90 Å². The first-order valence-electron chi connectivity index (χ1n) is 9.02. The van der Waals surface area contributed by atoms with Crippen molar-refractivity contribution in [3.63, 3.8) is 0 Å². The smallest absolute Gasteiger partial charge is 0.278 e. The van der Waals surface area contributed by atoms with Crippen LogP contribution in [0.2, 0.25) is 10.0 Å². The summed E-state index contributed by atoms with van der Waals surface area (Å²) in [5.74, 6) is -0.0179. The van der Waals surface area contributed by atoms with Crippen LogP contribution in [0.25, 0.3) is 5.57 Å². The molecule has 0 aliphatic carbocycles. The van der Waals surface area contributed by atoms with Crippen LogP contribution >= 0.6 is 23.2 Å². The van der Waals surface area contributed by atoms with Crippen LogP contribution < -0.4 is 10.1 Å². The molecule has 28 heavy (non-hydrogen) atoms. The molecule has 5 nitrogen and oxygen atoms in total. The fourth-order valence-electron chi connectivity index (χ4n) is 3.01. The molecule has 0 saturated carbocycles. The number of carbonyl (C=O) groups is 2. The summed E-state index contributed by atoms with van der Waals surface area (Å²) in [5.41, 5.74) is 1.58. The Morgan fingerprint density at radius 3 is 2.32 bits per heavy atom. The number of halogens is 2. The highest BCUT2D eigenvalue weighted by atomic mass is 35.5. The van der Waals surface area contributed by atoms with Crippen molar-refractivity contribution in [3.05, 3.63) is 63.8 Å². The van der Waals surface area contributed by atoms with Gasteiger partial charge in [-0.15, -0.1) is 0 Å². The Morgan fingerprint density at radius 1 is 1.00 bits per heavy atom. The van der Waals surface area contributed by atoms with E-state index in [0.29, 0.717) is 40.9 Å². The van der Waals surface area contributed by atoms with Gasteiger partial charge in [0.25, 0.3) is 11.8 Å². The van der Waals surface area contributed by atoms with Crippen molar-refractivity contribution in [1.29, 1.82) is 0 Å². The molecule has 1 N–H and O–H groups in total. The molecule has 0 bridgehead atoms. The summed E-state index contributed by atoms with van der Waals surface area (Å²) in [5, 5.41) is 3.86. The highest BCUT2D eigenvalue weighted by Crippen LogP contribution is 2.35. The molecule has 146 valence electrons. The number of hydrogen-bond acceptors (Lipinski definition) is 4. The maximum Gasteiger partial charge on any atom is 0.278 e. The Kier molecular flexibility index (Phi) is 6.27. The number of amides is 2. The molecular weight excluding hydrogens is 399 g/mol. The number of carbonyl (C=O) groups excluding carboxylic acids is 2. The zero-order valence-corrected chi connectivity index (χ0v) is 17.1. The van der Waals surface area contributed by atoms with Gasteiger partial charge in [0, 0.05) is 22.8 Å². The van der Waals surface area contributed by atoms with Crippen LogP contribution in [0, 0.1) is 0 Å². The highest BCUT2D eigenvalue weighted by Gasteiger charge is 2.39. The van der Waals surface area contributed by atoms with Crippen molar-refractivity contribution in [2.75, 3.05) is 18.5 Å². The van der Waals surface area contributed by atoms with E-state index in [2.05, 4.69) is 5.32 Å². The molecule has 3 rings (SSSR count). The van der Waals surface area contributed by atoms with Crippen LogP contribution in [0.15, 0.2) is 48.2 Å². The maximum absolute atomic E-state index is 13.0. The second-order valence-electron chi connectivity index (χ2n) is 6.22. The fourth-order valence-corrected chi connectivity index (χ4v) is 3.51. The van der Waals surface area contributed by atoms with Crippen LogP contribution in [-0.2, 0) is 9.59 Å². The lowest BCUT2D eigenvalue weighted by atomic mass is 10.0. The zero-order valence-electron chi connectivity index (χ0n) is 15.6. The molecule has 2 aromatic carbocycles. The molecule has 0 spiro atoms. The Balaban J connectivity index is 2.03. The number of ether oxygens (including phenoxy) is 1.